The second-order valence-electron chi connectivity index (χ2n) is 5.96. The van der Waals surface area contributed by atoms with E-state index in [0.29, 0.717) is 0 Å². The highest BCUT2D eigenvalue weighted by molar-refractivity contribution is 5.47. The van der Waals surface area contributed by atoms with Gasteiger partial charge in [0.15, 0.2) is 0 Å². The number of anilines is 2. The number of hydrogen-bond acceptors (Lipinski definition) is 5. The maximum Gasteiger partial charge on any atom is 0.131 e. The Bertz CT molecular complexity index is 429. The third-order valence-corrected chi connectivity index (χ3v) is 4.11. The summed E-state index contributed by atoms with van der Waals surface area (Å²) < 4.78 is 0. The van der Waals surface area contributed by atoms with Crippen molar-refractivity contribution in [2.24, 2.45) is 0 Å². The van der Waals surface area contributed by atoms with Crippen molar-refractivity contribution in [3.63, 3.8) is 0 Å². The SMILES string of the molecule is CCCNc1cc(NCCN(C)C2CCCC2)nc(C)n1. The van der Waals surface area contributed by atoms with Crippen molar-refractivity contribution in [1.29, 1.82) is 0 Å². The van der Waals surface area contributed by atoms with E-state index in [2.05, 4.69) is 39.5 Å². The molecule has 1 aromatic heterocycles. The third kappa shape index (κ3) is 5.16. The first kappa shape index (κ1) is 16.0. The van der Waals surface area contributed by atoms with Crippen LogP contribution in [0.3, 0.4) is 0 Å². The zero-order chi connectivity index (χ0) is 15.1. The molecule has 5 heteroatoms. The van der Waals surface area contributed by atoms with Crippen LogP contribution in [0.4, 0.5) is 11.6 Å². The lowest BCUT2D eigenvalue weighted by atomic mass is 10.2. The van der Waals surface area contributed by atoms with Crippen molar-refractivity contribution >= 4 is 11.6 Å². The molecule has 1 aliphatic carbocycles. The molecule has 1 aliphatic rings. The lowest BCUT2D eigenvalue weighted by Crippen LogP contribution is -2.33. The lowest BCUT2D eigenvalue weighted by molar-refractivity contribution is 0.254. The van der Waals surface area contributed by atoms with Crippen molar-refractivity contribution in [2.75, 3.05) is 37.3 Å². The molecule has 1 aromatic rings. The van der Waals surface area contributed by atoms with Gasteiger partial charge in [-0.15, -0.1) is 0 Å². The standard InChI is InChI=1S/C16H29N5/c1-4-9-17-15-12-16(20-13(2)19-15)18-10-11-21(3)14-7-5-6-8-14/h12,14H,4-11H2,1-3H3,(H2,17,18,19,20). The van der Waals surface area contributed by atoms with E-state index in [-0.39, 0.29) is 0 Å². The van der Waals surface area contributed by atoms with E-state index >= 15 is 0 Å². The van der Waals surface area contributed by atoms with Crippen LogP contribution in [0.15, 0.2) is 6.07 Å². The zero-order valence-electron chi connectivity index (χ0n) is 13.7. The van der Waals surface area contributed by atoms with Crippen LogP contribution in [0.25, 0.3) is 0 Å². The van der Waals surface area contributed by atoms with Crippen LogP contribution in [0.2, 0.25) is 0 Å². The van der Waals surface area contributed by atoms with Crippen molar-refractivity contribution in [2.45, 2.75) is 52.0 Å². The Labute approximate surface area is 128 Å². The van der Waals surface area contributed by atoms with E-state index in [4.69, 9.17) is 0 Å². The summed E-state index contributed by atoms with van der Waals surface area (Å²) in [6.07, 6.45) is 6.58. The average Bonchev–Trinajstić information content (AvgIpc) is 2.99. The molecule has 118 valence electrons. The minimum atomic E-state index is 0.778. The van der Waals surface area contributed by atoms with Gasteiger partial charge in [0, 0.05) is 31.7 Å². The van der Waals surface area contributed by atoms with Crippen LogP contribution < -0.4 is 10.6 Å². The van der Waals surface area contributed by atoms with Crippen LogP contribution in [-0.2, 0) is 0 Å². The van der Waals surface area contributed by atoms with E-state index in [9.17, 15) is 0 Å². The maximum absolute atomic E-state index is 4.46. The highest BCUT2D eigenvalue weighted by Crippen LogP contribution is 2.22. The molecule has 1 saturated carbocycles. The van der Waals surface area contributed by atoms with Gasteiger partial charge < -0.3 is 15.5 Å². The number of aryl methyl sites for hydroxylation is 1. The van der Waals surface area contributed by atoms with Gasteiger partial charge in [0.2, 0.25) is 0 Å². The van der Waals surface area contributed by atoms with E-state index in [0.717, 1.165) is 49.6 Å². The summed E-state index contributed by atoms with van der Waals surface area (Å²) in [4.78, 5) is 11.3. The van der Waals surface area contributed by atoms with Crippen molar-refractivity contribution in [3.8, 4) is 0 Å². The van der Waals surface area contributed by atoms with Crippen LogP contribution in [0, 0.1) is 6.92 Å². The Morgan fingerprint density at radius 3 is 2.38 bits per heavy atom. The normalized spacial score (nSPS) is 15.6. The smallest absolute Gasteiger partial charge is 0.131 e. The fraction of sp³-hybridized carbons (Fsp3) is 0.750. The minimum absolute atomic E-state index is 0.778. The summed E-state index contributed by atoms with van der Waals surface area (Å²) in [6.45, 7) is 7.02. The molecule has 0 unspecified atom stereocenters. The summed E-state index contributed by atoms with van der Waals surface area (Å²) in [5, 5.41) is 6.74. The van der Waals surface area contributed by atoms with Gasteiger partial charge in [-0.2, -0.15) is 0 Å². The Morgan fingerprint density at radius 2 is 1.76 bits per heavy atom. The topological polar surface area (TPSA) is 53.1 Å². The molecule has 2 rings (SSSR count). The number of likely N-dealkylation sites (N-methyl/N-ethyl adjacent to an activating group) is 1. The number of rotatable bonds is 8. The predicted molar refractivity (Wildman–Crippen MR) is 88.9 cm³/mol. The van der Waals surface area contributed by atoms with Gasteiger partial charge >= 0.3 is 0 Å². The molecule has 0 aromatic carbocycles. The van der Waals surface area contributed by atoms with Gasteiger partial charge in [-0.3, -0.25) is 0 Å². The van der Waals surface area contributed by atoms with Gasteiger partial charge in [-0.05, 0) is 33.2 Å². The van der Waals surface area contributed by atoms with Gasteiger partial charge in [0.1, 0.15) is 17.5 Å². The third-order valence-electron chi connectivity index (χ3n) is 4.11. The predicted octanol–water partition coefficient (Wildman–Crippen LogP) is 2.89. The molecule has 0 bridgehead atoms. The van der Waals surface area contributed by atoms with E-state index < -0.39 is 0 Å². The quantitative estimate of drug-likeness (QED) is 0.771. The van der Waals surface area contributed by atoms with Gasteiger partial charge in [0.25, 0.3) is 0 Å². The first-order valence-electron chi connectivity index (χ1n) is 8.22. The molecule has 5 nitrogen and oxygen atoms in total. The molecule has 0 spiro atoms. The molecule has 0 saturated heterocycles. The average molecular weight is 291 g/mol. The molecule has 0 amide bonds. The number of aromatic nitrogens is 2. The molecule has 0 radical (unpaired) electrons. The largest absolute Gasteiger partial charge is 0.370 e. The molecular formula is C16H29N5. The molecule has 1 heterocycles. The number of nitrogens with one attached hydrogen (secondary N) is 2. The number of hydrogen-bond donors (Lipinski definition) is 2. The second-order valence-corrected chi connectivity index (χ2v) is 5.96. The Kier molecular flexibility index (Phi) is 6.23. The Balaban J connectivity index is 1.80. The Morgan fingerprint density at radius 1 is 1.14 bits per heavy atom. The van der Waals surface area contributed by atoms with Crippen LogP contribution in [0.1, 0.15) is 44.9 Å². The fourth-order valence-electron chi connectivity index (χ4n) is 2.89. The summed E-state index contributed by atoms with van der Waals surface area (Å²) in [6, 6.07) is 2.78. The van der Waals surface area contributed by atoms with Crippen molar-refractivity contribution < 1.29 is 0 Å². The lowest BCUT2D eigenvalue weighted by Gasteiger charge is -2.24. The van der Waals surface area contributed by atoms with Crippen LogP contribution in [0.5, 0.6) is 0 Å². The van der Waals surface area contributed by atoms with Crippen molar-refractivity contribution in [1.82, 2.24) is 14.9 Å². The Hall–Kier alpha value is -1.36. The minimum Gasteiger partial charge on any atom is -0.370 e. The molecule has 21 heavy (non-hydrogen) atoms. The summed E-state index contributed by atoms with van der Waals surface area (Å²) >= 11 is 0. The van der Waals surface area contributed by atoms with Gasteiger partial charge in [-0.25, -0.2) is 9.97 Å². The van der Waals surface area contributed by atoms with E-state index in [1.807, 2.05) is 13.0 Å². The highest BCUT2D eigenvalue weighted by Gasteiger charge is 2.18. The van der Waals surface area contributed by atoms with Crippen molar-refractivity contribution in [3.05, 3.63) is 11.9 Å². The maximum atomic E-state index is 4.46. The molecule has 2 N–H and O–H groups in total. The summed E-state index contributed by atoms with van der Waals surface area (Å²) in [7, 11) is 2.23. The monoisotopic (exact) mass is 291 g/mol. The highest BCUT2D eigenvalue weighted by atomic mass is 15.2. The summed E-state index contributed by atoms with van der Waals surface area (Å²) in [5.74, 6) is 2.64. The zero-order valence-corrected chi connectivity index (χ0v) is 13.7. The van der Waals surface area contributed by atoms with E-state index in [1.54, 1.807) is 0 Å². The molecule has 0 atom stereocenters. The molecular weight excluding hydrogens is 262 g/mol. The molecule has 0 aliphatic heterocycles. The first-order valence-corrected chi connectivity index (χ1v) is 8.22. The van der Waals surface area contributed by atoms with Gasteiger partial charge in [0.05, 0.1) is 0 Å². The van der Waals surface area contributed by atoms with E-state index in [1.165, 1.54) is 25.7 Å². The molecule has 1 fully saturated rings. The van der Waals surface area contributed by atoms with Crippen LogP contribution in [-0.4, -0.2) is 47.6 Å². The number of nitrogens with zero attached hydrogens (tertiary/aromatic N) is 3. The first-order chi connectivity index (χ1) is 10.2. The van der Waals surface area contributed by atoms with Gasteiger partial charge in [-0.1, -0.05) is 19.8 Å². The van der Waals surface area contributed by atoms with Crippen LogP contribution >= 0.6 is 0 Å². The fourth-order valence-corrected chi connectivity index (χ4v) is 2.89. The summed E-state index contributed by atoms with van der Waals surface area (Å²) in [5.41, 5.74) is 0. The second kappa shape index (κ2) is 8.17.